The van der Waals surface area contributed by atoms with Gasteiger partial charge in [-0.25, -0.2) is 24.1 Å². The molecule has 5 aromatic rings. The van der Waals surface area contributed by atoms with E-state index in [-0.39, 0.29) is 23.5 Å². The number of hydrogen-bond acceptors (Lipinski definition) is 7. The number of benzene rings is 2. The highest BCUT2D eigenvalue weighted by Crippen LogP contribution is 2.31. The summed E-state index contributed by atoms with van der Waals surface area (Å²) in [6.07, 6.45) is 6.57. The maximum absolute atomic E-state index is 14.9. The minimum absolute atomic E-state index is 0.00222. The van der Waals surface area contributed by atoms with E-state index in [9.17, 15) is 9.18 Å². The van der Waals surface area contributed by atoms with Crippen molar-refractivity contribution in [1.82, 2.24) is 24.7 Å². The van der Waals surface area contributed by atoms with Gasteiger partial charge in [-0.15, -0.1) is 0 Å². The molecule has 0 aliphatic heterocycles. The first-order valence-corrected chi connectivity index (χ1v) is 12.8. The van der Waals surface area contributed by atoms with Crippen molar-refractivity contribution in [2.24, 2.45) is 0 Å². The van der Waals surface area contributed by atoms with Gasteiger partial charge in [0.25, 0.3) is 0 Å². The van der Waals surface area contributed by atoms with Gasteiger partial charge < -0.3 is 20.7 Å². The number of nitrogens with zero attached hydrogens (tertiary/aromatic N) is 5. The van der Waals surface area contributed by atoms with Crippen molar-refractivity contribution in [2.45, 2.75) is 39.8 Å². The Morgan fingerprint density at radius 1 is 0.950 bits per heavy atom. The maximum Gasteiger partial charge on any atom is 0.323 e. The van der Waals surface area contributed by atoms with E-state index in [1.165, 1.54) is 18.5 Å². The van der Waals surface area contributed by atoms with E-state index in [4.69, 9.17) is 4.74 Å². The fourth-order valence-corrected chi connectivity index (χ4v) is 4.01. The molecule has 0 unspecified atom stereocenters. The van der Waals surface area contributed by atoms with Gasteiger partial charge in [0.1, 0.15) is 35.2 Å². The van der Waals surface area contributed by atoms with Crippen LogP contribution < -0.4 is 20.7 Å². The standard InChI is InChI=1S/C29H29FN8O2/c1-17(2)34-27-13-22(9-10-32-27)40-21-6-8-25(23(30)12-21)35-29(39)36-26-15-38(18(3)4)37-28(26)19-5-7-24-20(11-19)14-31-16-33-24/h5-18H,1-4H3,(H,32,34)(H2,35,36,39). The number of anilines is 3. The molecular weight excluding hydrogens is 511 g/mol. The first kappa shape index (κ1) is 26.5. The number of halogens is 1. The maximum atomic E-state index is 14.9. The largest absolute Gasteiger partial charge is 0.457 e. The number of nitrogens with one attached hydrogen (secondary N) is 3. The number of carbonyl (C=O) groups excluding carboxylic acids is 1. The summed E-state index contributed by atoms with van der Waals surface area (Å²) in [4.78, 5) is 25.5. The van der Waals surface area contributed by atoms with Crippen LogP contribution in [0.25, 0.3) is 22.2 Å². The summed E-state index contributed by atoms with van der Waals surface area (Å²) < 4.78 is 22.5. The van der Waals surface area contributed by atoms with Crippen molar-refractivity contribution in [2.75, 3.05) is 16.0 Å². The molecule has 0 atom stereocenters. The topological polar surface area (TPSA) is 119 Å². The molecule has 0 radical (unpaired) electrons. The van der Waals surface area contributed by atoms with E-state index in [0.717, 1.165) is 16.5 Å². The highest BCUT2D eigenvalue weighted by molar-refractivity contribution is 6.02. The highest BCUT2D eigenvalue weighted by atomic mass is 19.1. The molecule has 2 amide bonds. The number of pyridine rings is 1. The van der Waals surface area contributed by atoms with Gasteiger partial charge in [0.05, 0.1) is 16.9 Å². The van der Waals surface area contributed by atoms with Crippen LogP contribution in [0.4, 0.5) is 26.4 Å². The molecular formula is C29H29FN8O2. The van der Waals surface area contributed by atoms with Gasteiger partial charge in [-0.05, 0) is 58.0 Å². The number of carbonyl (C=O) groups is 1. The predicted octanol–water partition coefficient (Wildman–Crippen LogP) is 6.86. The van der Waals surface area contributed by atoms with Crippen LogP contribution in [0, 0.1) is 5.82 Å². The van der Waals surface area contributed by atoms with Crippen LogP contribution >= 0.6 is 0 Å². The summed E-state index contributed by atoms with van der Waals surface area (Å²) in [5, 5.41) is 14.1. The Kier molecular flexibility index (Phi) is 7.54. The fraction of sp³-hybridized carbons (Fsp3) is 0.207. The van der Waals surface area contributed by atoms with Crippen molar-refractivity contribution in [3.8, 4) is 22.8 Å². The lowest BCUT2D eigenvalue weighted by atomic mass is 10.1. The molecule has 0 fully saturated rings. The van der Waals surface area contributed by atoms with Crippen molar-refractivity contribution >= 4 is 34.1 Å². The number of aromatic nitrogens is 5. The Morgan fingerprint density at radius 2 is 1.75 bits per heavy atom. The zero-order valence-electron chi connectivity index (χ0n) is 22.5. The summed E-state index contributed by atoms with van der Waals surface area (Å²) in [5.74, 6) is 0.798. The van der Waals surface area contributed by atoms with Crippen molar-refractivity contribution < 1.29 is 13.9 Å². The molecule has 0 aliphatic rings. The third-order valence-corrected chi connectivity index (χ3v) is 5.88. The molecule has 10 nitrogen and oxygen atoms in total. The second-order valence-corrected chi connectivity index (χ2v) is 9.76. The van der Waals surface area contributed by atoms with E-state index in [2.05, 4.69) is 36.0 Å². The molecule has 0 bridgehead atoms. The summed E-state index contributed by atoms with van der Waals surface area (Å²) in [5.41, 5.74) is 2.64. The van der Waals surface area contributed by atoms with Gasteiger partial charge in [-0.1, -0.05) is 6.07 Å². The lowest BCUT2D eigenvalue weighted by Crippen LogP contribution is -2.20. The van der Waals surface area contributed by atoms with Gasteiger partial charge in [0.15, 0.2) is 0 Å². The molecule has 3 heterocycles. The molecule has 0 saturated carbocycles. The molecule has 0 saturated heterocycles. The molecule has 2 aromatic carbocycles. The number of urea groups is 1. The Hall–Kier alpha value is -5.06. The Bertz CT molecular complexity index is 1670. The van der Waals surface area contributed by atoms with Crippen LogP contribution in [0.5, 0.6) is 11.5 Å². The number of rotatable bonds is 8. The van der Waals surface area contributed by atoms with Crippen LogP contribution in [0.15, 0.2) is 73.4 Å². The summed E-state index contributed by atoms with van der Waals surface area (Å²) in [6, 6.07) is 13.0. The zero-order chi connectivity index (χ0) is 28.2. The predicted molar refractivity (Wildman–Crippen MR) is 153 cm³/mol. The van der Waals surface area contributed by atoms with E-state index in [0.29, 0.717) is 22.9 Å². The number of amides is 2. The van der Waals surface area contributed by atoms with Crippen LogP contribution in [0.3, 0.4) is 0 Å². The summed E-state index contributed by atoms with van der Waals surface area (Å²) in [6.45, 7) is 7.98. The average Bonchev–Trinajstić information content (AvgIpc) is 3.34. The summed E-state index contributed by atoms with van der Waals surface area (Å²) >= 11 is 0. The molecule has 3 N–H and O–H groups in total. The quantitative estimate of drug-likeness (QED) is 0.197. The van der Waals surface area contributed by atoms with Crippen LogP contribution in [-0.2, 0) is 0 Å². The van der Waals surface area contributed by atoms with Gasteiger partial charge in [0, 0.05) is 53.8 Å². The summed E-state index contributed by atoms with van der Waals surface area (Å²) in [7, 11) is 0. The average molecular weight is 541 g/mol. The Morgan fingerprint density at radius 3 is 2.52 bits per heavy atom. The van der Waals surface area contributed by atoms with Gasteiger partial charge >= 0.3 is 6.03 Å². The lowest BCUT2D eigenvalue weighted by molar-refractivity contribution is 0.262. The smallest absolute Gasteiger partial charge is 0.323 e. The molecule has 0 aliphatic carbocycles. The van der Waals surface area contributed by atoms with Crippen molar-refractivity contribution in [3.63, 3.8) is 0 Å². The van der Waals surface area contributed by atoms with Crippen LogP contribution in [0.1, 0.15) is 33.7 Å². The second-order valence-electron chi connectivity index (χ2n) is 9.76. The second kappa shape index (κ2) is 11.4. The Labute approximate surface area is 230 Å². The van der Waals surface area contributed by atoms with Gasteiger partial charge in [0.2, 0.25) is 0 Å². The van der Waals surface area contributed by atoms with Crippen molar-refractivity contribution in [3.05, 3.63) is 79.3 Å². The van der Waals surface area contributed by atoms with Gasteiger partial charge in [-0.2, -0.15) is 5.10 Å². The fourth-order valence-electron chi connectivity index (χ4n) is 4.01. The Balaban J connectivity index is 1.31. The first-order chi connectivity index (χ1) is 19.2. The van der Waals surface area contributed by atoms with E-state index < -0.39 is 11.8 Å². The number of fused-ring (bicyclic) bond motifs is 1. The lowest BCUT2D eigenvalue weighted by Gasteiger charge is -2.12. The third-order valence-electron chi connectivity index (χ3n) is 5.88. The molecule has 204 valence electrons. The minimum atomic E-state index is -0.644. The van der Waals surface area contributed by atoms with E-state index in [1.54, 1.807) is 41.5 Å². The number of ether oxygens (including phenoxy) is 1. The zero-order valence-corrected chi connectivity index (χ0v) is 22.5. The normalized spacial score (nSPS) is 11.2. The molecule has 40 heavy (non-hydrogen) atoms. The molecule has 0 spiro atoms. The first-order valence-electron chi connectivity index (χ1n) is 12.8. The van der Waals surface area contributed by atoms with E-state index >= 15 is 0 Å². The molecule has 3 aromatic heterocycles. The van der Waals surface area contributed by atoms with Crippen LogP contribution in [-0.4, -0.2) is 36.8 Å². The molecule has 5 rings (SSSR count). The SMILES string of the molecule is CC(C)Nc1cc(Oc2ccc(NC(=O)Nc3cn(C(C)C)nc3-c3ccc4ncncc4c3)c(F)c2)ccn1. The van der Waals surface area contributed by atoms with E-state index in [1.807, 2.05) is 45.9 Å². The van der Waals surface area contributed by atoms with Crippen LogP contribution in [0.2, 0.25) is 0 Å². The third kappa shape index (κ3) is 6.15. The monoisotopic (exact) mass is 540 g/mol. The molecule has 11 heteroatoms. The van der Waals surface area contributed by atoms with Gasteiger partial charge in [-0.3, -0.25) is 4.68 Å². The van der Waals surface area contributed by atoms with Crippen molar-refractivity contribution in [1.29, 1.82) is 0 Å². The number of hydrogen-bond donors (Lipinski definition) is 3. The minimum Gasteiger partial charge on any atom is -0.457 e. The highest BCUT2D eigenvalue weighted by Gasteiger charge is 2.17.